The van der Waals surface area contributed by atoms with E-state index in [9.17, 15) is 5.11 Å². The summed E-state index contributed by atoms with van der Waals surface area (Å²) in [5.74, 6) is 0.810. The molecule has 17 heavy (non-hydrogen) atoms. The van der Waals surface area contributed by atoms with Crippen molar-refractivity contribution < 1.29 is 9.84 Å². The highest BCUT2D eigenvalue weighted by atomic mass is 16.5. The second-order valence-corrected chi connectivity index (χ2v) is 4.27. The van der Waals surface area contributed by atoms with Gasteiger partial charge in [-0.05, 0) is 17.2 Å². The van der Waals surface area contributed by atoms with Crippen LogP contribution >= 0.6 is 0 Å². The maximum absolute atomic E-state index is 9.84. The molecule has 0 saturated carbocycles. The zero-order valence-electron chi connectivity index (χ0n) is 9.47. The summed E-state index contributed by atoms with van der Waals surface area (Å²) in [5.41, 5.74) is 3.19. The van der Waals surface area contributed by atoms with Crippen LogP contribution < -0.4 is 4.74 Å². The number of hydrogen-bond donors (Lipinski definition) is 1. The highest BCUT2D eigenvalue weighted by Crippen LogP contribution is 2.35. The van der Waals surface area contributed by atoms with Gasteiger partial charge in [-0.2, -0.15) is 0 Å². The Morgan fingerprint density at radius 3 is 2.65 bits per heavy atom. The number of rotatable bonds is 1. The first-order chi connectivity index (χ1) is 8.34. The van der Waals surface area contributed by atoms with Gasteiger partial charge in [0.05, 0.1) is 12.7 Å². The Labute approximate surface area is 100 Å². The molecular weight excluding hydrogens is 212 g/mol. The van der Waals surface area contributed by atoms with E-state index in [4.69, 9.17) is 4.74 Å². The summed E-state index contributed by atoms with van der Waals surface area (Å²) >= 11 is 0. The SMILES string of the molecule is OC1CCOc2cc(-c3ccccc3)ccc21. The van der Waals surface area contributed by atoms with Crippen LogP contribution in [-0.4, -0.2) is 11.7 Å². The van der Waals surface area contributed by atoms with Crippen molar-refractivity contribution in [3.63, 3.8) is 0 Å². The second-order valence-electron chi connectivity index (χ2n) is 4.27. The fraction of sp³-hybridized carbons (Fsp3) is 0.200. The van der Waals surface area contributed by atoms with Crippen LogP contribution in [0.25, 0.3) is 11.1 Å². The Morgan fingerprint density at radius 2 is 1.82 bits per heavy atom. The summed E-state index contributed by atoms with van der Waals surface area (Å²) < 4.78 is 5.60. The quantitative estimate of drug-likeness (QED) is 0.809. The van der Waals surface area contributed by atoms with Gasteiger partial charge in [-0.15, -0.1) is 0 Å². The van der Waals surface area contributed by atoms with E-state index in [0.29, 0.717) is 13.0 Å². The number of benzene rings is 2. The molecule has 0 bridgehead atoms. The van der Waals surface area contributed by atoms with Crippen molar-refractivity contribution in [2.75, 3.05) is 6.61 Å². The fourth-order valence-corrected chi connectivity index (χ4v) is 2.18. The number of fused-ring (bicyclic) bond motifs is 1. The number of hydrogen-bond acceptors (Lipinski definition) is 2. The van der Waals surface area contributed by atoms with Gasteiger partial charge in [-0.25, -0.2) is 0 Å². The predicted octanol–water partition coefficient (Wildman–Crippen LogP) is 3.17. The zero-order chi connectivity index (χ0) is 11.7. The molecule has 2 aromatic carbocycles. The Balaban J connectivity index is 2.04. The van der Waals surface area contributed by atoms with E-state index < -0.39 is 0 Å². The molecule has 0 saturated heterocycles. The van der Waals surface area contributed by atoms with Crippen LogP contribution in [0.2, 0.25) is 0 Å². The summed E-state index contributed by atoms with van der Waals surface area (Å²) in [6.45, 7) is 0.590. The normalized spacial score (nSPS) is 18.3. The van der Waals surface area contributed by atoms with Crippen molar-refractivity contribution in [1.82, 2.24) is 0 Å². The summed E-state index contributed by atoms with van der Waals surface area (Å²) in [7, 11) is 0. The van der Waals surface area contributed by atoms with Crippen molar-refractivity contribution >= 4 is 0 Å². The molecule has 1 unspecified atom stereocenters. The van der Waals surface area contributed by atoms with E-state index >= 15 is 0 Å². The van der Waals surface area contributed by atoms with Crippen LogP contribution in [-0.2, 0) is 0 Å². The van der Waals surface area contributed by atoms with E-state index in [1.165, 1.54) is 5.56 Å². The lowest BCUT2D eigenvalue weighted by atomic mass is 9.98. The Morgan fingerprint density at radius 1 is 1.00 bits per heavy atom. The third kappa shape index (κ3) is 1.92. The van der Waals surface area contributed by atoms with E-state index in [-0.39, 0.29) is 6.10 Å². The lowest BCUT2D eigenvalue weighted by Gasteiger charge is -2.22. The Hall–Kier alpha value is -1.80. The molecule has 0 radical (unpaired) electrons. The van der Waals surface area contributed by atoms with Gasteiger partial charge in [-0.1, -0.05) is 42.5 Å². The molecule has 0 amide bonds. The molecule has 0 fully saturated rings. The minimum atomic E-state index is -0.386. The molecule has 1 N–H and O–H groups in total. The standard InChI is InChI=1S/C15H14O2/c16-14-8-9-17-15-10-12(6-7-13(14)15)11-4-2-1-3-5-11/h1-7,10,14,16H,8-9H2. The number of aliphatic hydroxyl groups is 1. The van der Waals surface area contributed by atoms with Gasteiger partial charge in [0.25, 0.3) is 0 Å². The molecule has 0 spiro atoms. The molecule has 1 atom stereocenters. The monoisotopic (exact) mass is 226 g/mol. The molecule has 2 aromatic rings. The first kappa shape index (κ1) is 10.4. The summed E-state index contributed by atoms with van der Waals surface area (Å²) in [5, 5.41) is 9.84. The van der Waals surface area contributed by atoms with Crippen LogP contribution in [0.3, 0.4) is 0 Å². The Bertz CT molecular complexity index is 520. The van der Waals surface area contributed by atoms with Crippen molar-refractivity contribution in [1.29, 1.82) is 0 Å². The molecule has 2 heteroatoms. The second kappa shape index (κ2) is 4.22. The minimum absolute atomic E-state index is 0.386. The smallest absolute Gasteiger partial charge is 0.125 e. The number of ether oxygens (including phenoxy) is 1. The lowest BCUT2D eigenvalue weighted by molar-refractivity contribution is 0.115. The zero-order valence-corrected chi connectivity index (χ0v) is 9.47. The highest BCUT2D eigenvalue weighted by Gasteiger charge is 2.19. The topological polar surface area (TPSA) is 29.5 Å². The maximum atomic E-state index is 9.84. The van der Waals surface area contributed by atoms with Crippen LogP contribution in [0.5, 0.6) is 5.75 Å². The molecule has 0 aromatic heterocycles. The fourth-order valence-electron chi connectivity index (χ4n) is 2.18. The molecule has 1 aliphatic rings. The Kier molecular flexibility index (Phi) is 2.57. The van der Waals surface area contributed by atoms with Crippen molar-refractivity contribution in [2.45, 2.75) is 12.5 Å². The first-order valence-corrected chi connectivity index (χ1v) is 5.85. The summed E-state index contributed by atoms with van der Waals surface area (Å²) in [6.07, 6.45) is 0.293. The van der Waals surface area contributed by atoms with E-state index in [1.54, 1.807) is 0 Å². The van der Waals surface area contributed by atoms with Crippen molar-refractivity contribution in [3.8, 4) is 16.9 Å². The molecule has 2 nitrogen and oxygen atoms in total. The third-order valence-corrected chi connectivity index (χ3v) is 3.13. The molecular formula is C15H14O2. The molecule has 1 heterocycles. The first-order valence-electron chi connectivity index (χ1n) is 5.85. The van der Waals surface area contributed by atoms with Gasteiger partial charge in [0.1, 0.15) is 5.75 Å². The lowest BCUT2D eigenvalue weighted by Crippen LogP contribution is -2.13. The van der Waals surface area contributed by atoms with E-state index in [1.807, 2.05) is 36.4 Å². The van der Waals surface area contributed by atoms with E-state index in [0.717, 1.165) is 16.9 Å². The van der Waals surface area contributed by atoms with E-state index in [2.05, 4.69) is 12.1 Å². The average Bonchev–Trinajstić information content (AvgIpc) is 2.40. The van der Waals surface area contributed by atoms with Crippen LogP contribution in [0, 0.1) is 0 Å². The van der Waals surface area contributed by atoms with Crippen molar-refractivity contribution in [3.05, 3.63) is 54.1 Å². The molecule has 86 valence electrons. The van der Waals surface area contributed by atoms with Gasteiger partial charge in [0, 0.05) is 12.0 Å². The van der Waals surface area contributed by atoms with Crippen LogP contribution in [0.15, 0.2) is 48.5 Å². The molecule has 3 rings (SSSR count). The summed E-state index contributed by atoms with van der Waals surface area (Å²) in [4.78, 5) is 0. The van der Waals surface area contributed by atoms with Gasteiger partial charge in [-0.3, -0.25) is 0 Å². The maximum Gasteiger partial charge on any atom is 0.125 e. The van der Waals surface area contributed by atoms with Crippen LogP contribution in [0.4, 0.5) is 0 Å². The average molecular weight is 226 g/mol. The molecule has 1 aliphatic heterocycles. The largest absolute Gasteiger partial charge is 0.493 e. The van der Waals surface area contributed by atoms with Crippen molar-refractivity contribution in [2.24, 2.45) is 0 Å². The van der Waals surface area contributed by atoms with Gasteiger partial charge < -0.3 is 9.84 Å². The summed E-state index contributed by atoms with van der Waals surface area (Å²) in [6, 6.07) is 16.2. The highest BCUT2D eigenvalue weighted by molar-refractivity contribution is 5.66. The predicted molar refractivity (Wildman–Crippen MR) is 66.9 cm³/mol. The number of aliphatic hydroxyl groups excluding tert-OH is 1. The van der Waals surface area contributed by atoms with Gasteiger partial charge in [0.2, 0.25) is 0 Å². The minimum Gasteiger partial charge on any atom is -0.493 e. The third-order valence-electron chi connectivity index (χ3n) is 3.13. The van der Waals surface area contributed by atoms with Gasteiger partial charge in [0.15, 0.2) is 0 Å². The van der Waals surface area contributed by atoms with Gasteiger partial charge >= 0.3 is 0 Å². The molecule has 0 aliphatic carbocycles. The van der Waals surface area contributed by atoms with Crippen LogP contribution in [0.1, 0.15) is 18.1 Å².